The number of aliphatic hydroxyl groups is 1. The van der Waals surface area contributed by atoms with Gasteiger partial charge in [-0.3, -0.25) is 0 Å². The first-order valence-corrected chi connectivity index (χ1v) is 14.5. The Morgan fingerprint density at radius 3 is 2.54 bits per heavy atom. The normalized spacial score (nSPS) is 20.9. The first kappa shape index (κ1) is 27.4. The number of methoxy groups -OCH3 is 1. The van der Waals surface area contributed by atoms with Crippen LogP contribution in [0.4, 0.5) is 11.4 Å². The molecule has 192 valence electrons. The lowest BCUT2D eigenvalue weighted by Crippen LogP contribution is -2.42. The van der Waals surface area contributed by atoms with Crippen LogP contribution in [-0.2, 0) is 19.4 Å². The van der Waals surface area contributed by atoms with Crippen molar-refractivity contribution in [2.45, 2.75) is 55.4 Å². The highest BCUT2D eigenvalue weighted by molar-refractivity contribution is 7.98. The fraction of sp³-hybridized carbons (Fsp3) is 0.500. The number of benzene rings is 2. The second-order valence-electron chi connectivity index (χ2n) is 9.62. The lowest BCUT2D eigenvalue weighted by Gasteiger charge is -2.34. The second kappa shape index (κ2) is 10.8. The van der Waals surface area contributed by atoms with Crippen molar-refractivity contribution in [1.29, 1.82) is 0 Å². The zero-order valence-electron chi connectivity index (χ0n) is 21.0. The molecule has 2 aromatic carbocycles. The van der Waals surface area contributed by atoms with Crippen molar-refractivity contribution < 1.29 is 27.8 Å². The minimum absolute atomic E-state index is 0.0221. The van der Waals surface area contributed by atoms with Crippen molar-refractivity contribution in [2.75, 3.05) is 37.2 Å². The smallest absolute Gasteiger partial charge is 0.341 e. The molecule has 0 amide bonds. The van der Waals surface area contributed by atoms with Gasteiger partial charge in [-0.15, -0.1) is 11.8 Å². The quantitative estimate of drug-likeness (QED) is 0.370. The molecule has 0 saturated carbocycles. The Hall–Kier alpha value is -2.23. The Kier molecular flexibility index (Phi) is 8.44. The van der Waals surface area contributed by atoms with Crippen LogP contribution >= 0.6 is 11.8 Å². The summed E-state index contributed by atoms with van der Waals surface area (Å²) in [5.74, 6) is -0.504. The van der Waals surface area contributed by atoms with Gasteiger partial charge in [0.15, 0.2) is 15.4 Å². The van der Waals surface area contributed by atoms with Gasteiger partial charge in [-0.25, -0.2) is 13.2 Å². The number of sulfone groups is 1. The van der Waals surface area contributed by atoms with E-state index in [1.165, 1.54) is 31.9 Å². The Balaban J connectivity index is 2.14. The molecule has 7 nitrogen and oxygen atoms in total. The number of carbonyl (C=O) groups is 1. The summed E-state index contributed by atoms with van der Waals surface area (Å²) in [6, 6.07) is 13.2. The van der Waals surface area contributed by atoms with Gasteiger partial charge in [0.25, 0.3) is 0 Å². The summed E-state index contributed by atoms with van der Waals surface area (Å²) in [5.41, 5.74) is -0.792. The summed E-state index contributed by atoms with van der Waals surface area (Å²) in [6.07, 6.45) is 4.60. The van der Waals surface area contributed by atoms with Gasteiger partial charge in [0.05, 0.1) is 28.3 Å². The van der Waals surface area contributed by atoms with E-state index in [1.54, 1.807) is 0 Å². The summed E-state index contributed by atoms with van der Waals surface area (Å²) >= 11 is 1.41. The number of hydrogen-bond donors (Lipinski definition) is 1. The molecule has 1 heterocycles. The Bertz CT molecular complexity index is 1150. The van der Waals surface area contributed by atoms with Gasteiger partial charge < -0.3 is 19.5 Å². The average Bonchev–Trinajstić information content (AvgIpc) is 2.92. The number of thioether (sulfide) groups is 1. The Morgan fingerprint density at radius 2 is 1.94 bits per heavy atom. The minimum Gasteiger partial charge on any atom is -0.489 e. The molecule has 1 aliphatic heterocycles. The van der Waals surface area contributed by atoms with Crippen molar-refractivity contribution in [3.63, 3.8) is 0 Å². The summed E-state index contributed by atoms with van der Waals surface area (Å²) in [5, 5.41) is 10.4. The maximum Gasteiger partial charge on any atom is 0.341 e. The van der Waals surface area contributed by atoms with Gasteiger partial charge in [-0.05, 0) is 43.2 Å². The van der Waals surface area contributed by atoms with Crippen LogP contribution in [0.15, 0.2) is 52.3 Å². The fourth-order valence-electron chi connectivity index (χ4n) is 4.40. The van der Waals surface area contributed by atoms with Crippen molar-refractivity contribution in [3.05, 3.63) is 42.5 Å². The van der Waals surface area contributed by atoms with Gasteiger partial charge in [-0.2, -0.15) is 0 Å². The molecule has 2 aromatic rings. The standard InChI is InChI=1S/C26H35NO6S2/c1-6-7-13-25(2)16-27(19-11-9-8-10-12-19)20-14-22(34-5)21(15-23(20)35(30,31)18-25)33-17-26(3,29)24(28)32-4/h8-12,14-15,29H,6-7,13,16-18H2,1-5H3/t25-,26-/m0/s1. The average molecular weight is 522 g/mol. The van der Waals surface area contributed by atoms with E-state index in [4.69, 9.17) is 4.74 Å². The SMILES string of the molecule is CCCC[C@@]1(C)CN(c2ccccc2)c2cc(SC)c(OC[C@](C)(O)C(=O)OC)cc2S(=O)(=O)C1. The van der Waals surface area contributed by atoms with Gasteiger partial charge >= 0.3 is 5.97 Å². The summed E-state index contributed by atoms with van der Waals surface area (Å²) < 4.78 is 37.9. The van der Waals surface area contributed by atoms with E-state index in [0.717, 1.165) is 24.9 Å². The molecule has 0 unspecified atom stereocenters. The van der Waals surface area contributed by atoms with E-state index in [0.29, 0.717) is 22.9 Å². The lowest BCUT2D eigenvalue weighted by atomic mass is 9.86. The van der Waals surface area contributed by atoms with E-state index in [1.807, 2.05) is 49.6 Å². The number of carbonyl (C=O) groups excluding carboxylic acids is 1. The third-order valence-electron chi connectivity index (χ3n) is 6.29. The van der Waals surface area contributed by atoms with Crippen LogP contribution < -0.4 is 9.64 Å². The van der Waals surface area contributed by atoms with Crippen molar-refractivity contribution in [2.24, 2.45) is 5.41 Å². The molecule has 0 saturated heterocycles. The number of nitrogens with zero attached hydrogens (tertiary/aromatic N) is 1. The van der Waals surface area contributed by atoms with Crippen LogP contribution in [-0.4, -0.2) is 57.4 Å². The summed E-state index contributed by atoms with van der Waals surface area (Å²) in [6.45, 7) is 5.64. The van der Waals surface area contributed by atoms with Crippen LogP contribution in [0.25, 0.3) is 0 Å². The number of esters is 1. The van der Waals surface area contributed by atoms with Gasteiger partial charge in [0.2, 0.25) is 0 Å². The number of rotatable bonds is 9. The summed E-state index contributed by atoms with van der Waals surface area (Å²) in [7, 11) is -2.48. The molecule has 1 aliphatic rings. The third-order valence-corrected chi connectivity index (χ3v) is 9.12. The number of hydrogen-bond acceptors (Lipinski definition) is 8. The number of anilines is 2. The van der Waals surface area contributed by atoms with Crippen molar-refractivity contribution in [3.8, 4) is 5.75 Å². The van der Waals surface area contributed by atoms with E-state index < -0.39 is 26.8 Å². The highest BCUT2D eigenvalue weighted by Crippen LogP contribution is 2.46. The van der Waals surface area contributed by atoms with E-state index in [2.05, 4.69) is 16.6 Å². The zero-order valence-corrected chi connectivity index (χ0v) is 22.7. The van der Waals surface area contributed by atoms with Crippen LogP contribution in [0.2, 0.25) is 0 Å². The molecule has 0 radical (unpaired) electrons. The van der Waals surface area contributed by atoms with Gasteiger partial charge in [-0.1, -0.05) is 44.9 Å². The predicted molar refractivity (Wildman–Crippen MR) is 139 cm³/mol. The lowest BCUT2D eigenvalue weighted by molar-refractivity contribution is -0.163. The molecule has 0 fully saturated rings. The maximum atomic E-state index is 13.7. The molecule has 35 heavy (non-hydrogen) atoms. The minimum atomic E-state index is -3.66. The van der Waals surface area contributed by atoms with Gasteiger partial charge in [0, 0.05) is 18.3 Å². The molecule has 0 aromatic heterocycles. The van der Waals surface area contributed by atoms with Crippen LogP contribution in [0, 0.1) is 5.41 Å². The van der Waals surface area contributed by atoms with Crippen LogP contribution in [0.5, 0.6) is 5.75 Å². The van der Waals surface area contributed by atoms with E-state index in [9.17, 15) is 18.3 Å². The van der Waals surface area contributed by atoms with Crippen LogP contribution in [0.1, 0.15) is 40.0 Å². The van der Waals surface area contributed by atoms with Crippen LogP contribution in [0.3, 0.4) is 0 Å². The number of para-hydroxylation sites is 1. The second-order valence-corrected chi connectivity index (χ2v) is 12.4. The summed E-state index contributed by atoms with van der Waals surface area (Å²) in [4.78, 5) is 14.9. The molecule has 0 aliphatic carbocycles. The Morgan fingerprint density at radius 1 is 1.26 bits per heavy atom. The Labute approximate surface area is 212 Å². The van der Waals surface area contributed by atoms with Crippen molar-refractivity contribution >= 4 is 38.9 Å². The van der Waals surface area contributed by atoms with Crippen molar-refractivity contribution in [1.82, 2.24) is 0 Å². The fourth-order valence-corrected chi connectivity index (χ4v) is 7.03. The molecule has 9 heteroatoms. The molecule has 1 N–H and O–H groups in total. The topological polar surface area (TPSA) is 93.1 Å². The number of unbranched alkanes of at least 4 members (excludes halogenated alkanes) is 1. The third kappa shape index (κ3) is 6.13. The molecule has 0 spiro atoms. The molecular formula is C26H35NO6S2. The van der Waals surface area contributed by atoms with E-state index >= 15 is 0 Å². The highest BCUT2D eigenvalue weighted by atomic mass is 32.2. The monoisotopic (exact) mass is 521 g/mol. The molecular weight excluding hydrogens is 486 g/mol. The molecule has 0 bridgehead atoms. The largest absolute Gasteiger partial charge is 0.489 e. The maximum absolute atomic E-state index is 13.7. The molecule has 2 atom stereocenters. The first-order valence-electron chi connectivity index (χ1n) is 11.7. The predicted octanol–water partition coefficient (Wildman–Crippen LogP) is 4.83. The number of fused-ring (bicyclic) bond motifs is 1. The highest BCUT2D eigenvalue weighted by Gasteiger charge is 2.40. The molecule has 3 rings (SSSR count). The van der Waals surface area contributed by atoms with E-state index in [-0.39, 0.29) is 17.3 Å². The zero-order chi connectivity index (χ0) is 25.9. The van der Waals surface area contributed by atoms with Gasteiger partial charge in [0.1, 0.15) is 12.4 Å². The first-order chi connectivity index (χ1) is 16.5. The number of ether oxygens (including phenoxy) is 2.